The lowest BCUT2D eigenvalue weighted by Gasteiger charge is -2.48. The van der Waals surface area contributed by atoms with Gasteiger partial charge in [-0.15, -0.1) is 0 Å². The molecule has 6 rings (SSSR count). The van der Waals surface area contributed by atoms with Gasteiger partial charge in [0.05, 0.1) is 26.4 Å². The minimum Gasteiger partial charge on any atom is -0.350 e. The second-order valence-corrected chi connectivity index (χ2v) is 11.6. The monoisotopic (exact) mass is 416 g/mol. The molecule has 168 valence electrons. The number of hydrogen-bond acceptors (Lipinski definition) is 4. The lowest BCUT2D eigenvalue weighted by atomic mass is 9.59. The molecule has 4 heteroatoms. The molecule has 5 fully saturated rings. The van der Waals surface area contributed by atoms with E-state index in [1.54, 1.807) is 5.57 Å². The zero-order chi connectivity index (χ0) is 20.4. The van der Waals surface area contributed by atoms with Gasteiger partial charge >= 0.3 is 0 Å². The van der Waals surface area contributed by atoms with Crippen LogP contribution in [0.5, 0.6) is 0 Å². The lowest BCUT2D eigenvalue weighted by Crippen LogP contribution is -2.47. The maximum absolute atomic E-state index is 6.22. The van der Waals surface area contributed by atoms with E-state index in [9.17, 15) is 0 Å². The van der Waals surface area contributed by atoms with E-state index in [4.69, 9.17) is 18.9 Å². The van der Waals surface area contributed by atoms with Crippen LogP contribution in [0.15, 0.2) is 11.6 Å². The predicted molar refractivity (Wildman–Crippen MR) is 115 cm³/mol. The van der Waals surface area contributed by atoms with E-state index in [0.29, 0.717) is 11.3 Å². The molecule has 0 aromatic heterocycles. The second-order valence-electron chi connectivity index (χ2n) is 11.6. The zero-order valence-electron chi connectivity index (χ0n) is 19.0. The summed E-state index contributed by atoms with van der Waals surface area (Å²) in [6.45, 7) is 8.05. The molecule has 3 saturated carbocycles. The Morgan fingerprint density at radius 3 is 2.43 bits per heavy atom. The highest BCUT2D eigenvalue weighted by atomic mass is 16.7. The summed E-state index contributed by atoms with van der Waals surface area (Å²) in [6.07, 6.45) is 15.1. The van der Waals surface area contributed by atoms with Crippen molar-refractivity contribution < 1.29 is 18.9 Å². The highest BCUT2D eigenvalue weighted by molar-refractivity contribution is 5.22. The van der Waals surface area contributed by atoms with Gasteiger partial charge in [-0.1, -0.05) is 18.6 Å². The molecule has 0 amide bonds. The Labute approximate surface area is 182 Å². The van der Waals surface area contributed by atoms with Crippen LogP contribution in [0.3, 0.4) is 0 Å². The van der Waals surface area contributed by atoms with Gasteiger partial charge in [0.1, 0.15) is 0 Å². The number of ether oxygens (including phenoxy) is 4. The fourth-order valence-electron chi connectivity index (χ4n) is 8.68. The normalized spacial score (nSPS) is 47.1. The quantitative estimate of drug-likeness (QED) is 0.532. The average Bonchev–Trinajstić information content (AvgIpc) is 3.28. The molecule has 2 aliphatic heterocycles. The Hall–Kier alpha value is -0.420. The number of hydrogen-bond donors (Lipinski definition) is 0. The molecule has 2 saturated heterocycles. The van der Waals surface area contributed by atoms with E-state index in [1.165, 1.54) is 44.9 Å². The topological polar surface area (TPSA) is 36.9 Å². The van der Waals surface area contributed by atoms with Gasteiger partial charge in [0, 0.05) is 18.8 Å². The van der Waals surface area contributed by atoms with Crippen LogP contribution in [-0.4, -0.2) is 38.0 Å². The van der Waals surface area contributed by atoms with Crippen molar-refractivity contribution in [1.82, 2.24) is 0 Å². The van der Waals surface area contributed by atoms with Crippen molar-refractivity contribution in [2.24, 2.45) is 35.0 Å². The highest BCUT2D eigenvalue weighted by Crippen LogP contribution is 2.63. The molecular formula is C26H40O4. The summed E-state index contributed by atoms with van der Waals surface area (Å²) in [5.41, 5.74) is 2.12. The van der Waals surface area contributed by atoms with Crippen LogP contribution >= 0.6 is 0 Å². The van der Waals surface area contributed by atoms with Crippen LogP contribution < -0.4 is 0 Å². The summed E-state index contributed by atoms with van der Waals surface area (Å²) in [6, 6.07) is 0. The minimum absolute atomic E-state index is 0.248. The molecule has 0 N–H and O–H groups in total. The van der Waals surface area contributed by atoms with E-state index in [0.717, 1.165) is 69.4 Å². The maximum atomic E-state index is 6.22. The third-order valence-electron chi connectivity index (χ3n) is 10.2. The van der Waals surface area contributed by atoms with Crippen LogP contribution in [0, 0.1) is 35.0 Å². The minimum atomic E-state index is -0.365. The van der Waals surface area contributed by atoms with Crippen molar-refractivity contribution in [3.8, 4) is 0 Å². The van der Waals surface area contributed by atoms with Crippen LogP contribution in [0.25, 0.3) is 0 Å². The Morgan fingerprint density at radius 1 is 0.833 bits per heavy atom. The summed E-state index contributed by atoms with van der Waals surface area (Å²) in [4.78, 5) is 0. The molecule has 30 heavy (non-hydrogen) atoms. The summed E-state index contributed by atoms with van der Waals surface area (Å²) < 4.78 is 24.8. The number of fused-ring (bicyclic) bond motifs is 4. The van der Waals surface area contributed by atoms with Crippen molar-refractivity contribution in [3.63, 3.8) is 0 Å². The van der Waals surface area contributed by atoms with Gasteiger partial charge in [-0.25, -0.2) is 0 Å². The third-order valence-corrected chi connectivity index (χ3v) is 10.2. The van der Waals surface area contributed by atoms with Gasteiger partial charge in [-0.2, -0.15) is 0 Å². The van der Waals surface area contributed by atoms with Crippen molar-refractivity contribution in [2.75, 3.05) is 26.4 Å². The predicted octanol–water partition coefficient (Wildman–Crippen LogP) is 5.46. The number of rotatable bonds is 1. The van der Waals surface area contributed by atoms with Crippen LogP contribution in [-0.2, 0) is 18.9 Å². The molecule has 6 atom stereocenters. The molecule has 1 spiro atoms. The SMILES string of the molecule is CC1(C2CC[C@H]3[C@@H]4CC[C@H]5CC6(CC[C@@H]5CC4=CC[C@]23C)OCCCO6)OCCO1. The van der Waals surface area contributed by atoms with E-state index < -0.39 is 0 Å². The maximum Gasteiger partial charge on any atom is 0.169 e. The van der Waals surface area contributed by atoms with Crippen LogP contribution in [0.2, 0.25) is 0 Å². The molecule has 0 radical (unpaired) electrons. The smallest absolute Gasteiger partial charge is 0.169 e. The van der Waals surface area contributed by atoms with E-state index in [2.05, 4.69) is 19.9 Å². The molecule has 0 bridgehead atoms. The fourth-order valence-corrected chi connectivity index (χ4v) is 8.68. The first-order valence-electron chi connectivity index (χ1n) is 12.8. The third kappa shape index (κ3) is 3.08. The lowest BCUT2D eigenvalue weighted by molar-refractivity contribution is -0.290. The van der Waals surface area contributed by atoms with Crippen LogP contribution in [0.4, 0.5) is 0 Å². The summed E-state index contributed by atoms with van der Waals surface area (Å²) >= 11 is 0. The summed E-state index contributed by atoms with van der Waals surface area (Å²) in [5.74, 6) is 3.08. The summed E-state index contributed by atoms with van der Waals surface area (Å²) in [5, 5.41) is 0. The Balaban J connectivity index is 1.22. The fraction of sp³-hybridized carbons (Fsp3) is 0.923. The van der Waals surface area contributed by atoms with E-state index in [-0.39, 0.29) is 11.6 Å². The molecule has 2 heterocycles. The van der Waals surface area contributed by atoms with Gasteiger partial charge in [0.15, 0.2) is 11.6 Å². The van der Waals surface area contributed by atoms with Crippen molar-refractivity contribution in [1.29, 1.82) is 0 Å². The van der Waals surface area contributed by atoms with E-state index in [1.807, 2.05) is 0 Å². The van der Waals surface area contributed by atoms with Gasteiger partial charge in [0.25, 0.3) is 0 Å². The molecule has 4 nitrogen and oxygen atoms in total. The van der Waals surface area contributed by atoms with Crippen molar-refractivity contribution in [2.45, 2.75) is 89.6 Å². The molecule has 0 aromatic rings. The first-order valence-corrected chi connectivity index (χ1v) is 12.8. The standard InChI is InChI=1S/C26H40O4/c1-24-10-8-19-16-18-9-11-26(29-12-3-13-30-26)17-20(18)4-5-21(19)22(24)6-7-23(24)25(2)27-14-15-28-25/h8,18,20-23H,3-7,9-17H2,1-2H3/t18-,20+,21-,22+,23?,24+/m1/s1. The molecule has 1 unspecified atom stereocenters. The summed E-state index contributed by atoms with van der Waals surface area (Å²) in [7, 11) is 0. The first-order chi connectivity index (χ1) is 14.5. The molecule has 6 aliphatic rings. The van der Waals surface area contributed by atoms with Gasteiger partial charge in [0.2, 0.25) is 0 Å². The van der Waals surface area contributed by atoms with Gasteiger partial charge < -0.3 is 18.9 Å². The highest BCUT2D eigenvalue weighted by Gasteiger charge is 2.59. The van der Waals surface area contributed by atoms with Gasteiger partial charge in [-0.05, 0) is 87.4 Å². The number of allylic oxidation sites excluding steroid dienone is 2. The van der Waals surface area contributed by atoms with Crippen molar-refractivity contribution in [3.05, 3.63) is 11.6 Å². The molecular weight excluding hydrogens is 376 g/mol. The average molecular weight is 417 g/mol. The Morgan fingerprint density at radius 2 is 1.63 bits per heavy atom. The largest absolute Gasteiger partial charge is 0.350 e. The second kappa shape index (κ2) is 7.30. The van der Waals surface area contributed by atoms with Crippen molar-refractivity contribution >= 4 is 0 Å². The van der Waals surface area contributed by atoms with Gasteiger partial charge in [-0.3, -0.25) is 0 Å². The molecule has 4 aliphatic carbocycles. The molecule has 0 aromatic carbocycles. The Kier molecular flexibility index (Phi) is 4.92. The van der Waals surface area contributed by atoms with Crippen LogP contribution in [0.1, 0.15) is 78.1 Å². The van der Waals surface area contributed by atoms with E-state index >= 15 is 0 Å². The zero-order valence-corrected chi connectivity index (χ0v) is 19.0. The Bertz CT molecular complexity index is 689. The first kappa shape index (κ1) is 20.2.